The summed E-state index contributed by atoms with van der Waals surface area (Å²) in [6.07, 6.45) is 8.46. The van der Waals surface area contributed by atoms with Crippen LogP contribution >= 0.6 is 0 Å². The summed E-state index contributed by atoms with van der Waals surface area (Å²) >= 11 is 0. The van der Waals surface area contributed by atoms with Gasteiger partial charge in [-0.3, -0.25) is 4.90 Å². The zero-order chi connectivity index (χ0) is 12.7. The van der Waals surface area contributed by atoms with E-state index < -0.39 is 0 Å². The van der Waals surface area contributed by atoms with Gasteiger partial charge in [0.15, 0.2) is 0 Å². The van der Waals surface area contributed by atoms with Crippen molar-refractivity contribution in [2.45, 2.75) is 44.2 Å². The summed E-state index contributed by atoms with van der Waals surface area (Å²) in [5.41, 5.74) is 8.66. The van der Waals surface area contributed by atoms with Gasteiger partial charge in [0.25, 0.3) is 0 Å². The second kappa shape index (κ2) is 4.67. The molecule has 0 saturated heterocycles. The topological polar surface area (TPSA) is 47.1 Å². The van der Waals surface area contributed by atoms with Gasteiger partial charge in [-0.1, -0.05) is 12.8 Å². The van der Waals surface area contributed by atoms with Gasteiger partial charge in [0.2, 0.25) is 0 Å². The maximum absolute atomic E-state index is 5.94. The molecule has 1 aliphatic carbocycles. The Morgan fingerprint density at radius 2 is 2.06 bits per heavy atom. The van der Waals surface area contributed by atoms with E-state index in [0.717, 1.165) is 18.9 Å². The Kier molecular flexibility index (Phi) is 3.16. The van der Waals surface area contributed by atoms with Crippen LogP contribution < -0.4 is 5.73 Å². The molecule has 18 heavy (non-hydrogen) atoms. The van der Waals surface area contributed by atoms with Crippen LogP contribution in [-0.2, 0) is 13.5 Å². The van der Waals surface area contributed by atoms with Gasteiger partial charge in [-0.05, 0) is 25.8 Å². The molecule has 0 amide bonds. The third-order valence-electron chi connectivity index (χ3n) is 4.90. The molecule has 2 N–H and O–H groups in total. The fourth-order valence-corrected chi connectivity index (χ4v) is 3.89. The largest absolute Gasteiger partial charge is 0.336 e. The van der Waals surface area contributed by atoms with E-state index in [1.54, 1.807) is 0 Å². The van der Waals surface area contributed by atoms with Crippen molar-refractivity contribution in [3.05, 3.63) is 17.7 Å². The van der Waals surface area contributed by atoms with E-state index >= 15 is 0 Å². The molecule has 3 rings (SSSR count). The fourth-order valence-electron chi connectivity index (χ4n) is 3.89. The highest BCUT2D eigenvalue weighted by atomic mass is 15.2. The van der Waals surface area contributed by atoms with Crippen LogP contribution in [0.2, 0.25) is 0 Å². The summed E-state index contributed by atoms with van der Waals surface area (Å²) < 4.78 is 2.22. The van der Waals surface area contributed by atoms with Crippen molar-refractivity contribution in [3.63, 3.8) is 0 Å². The van der Waals surface area contributed by atoms with Gasteiger partial charge in [-0.2, -0.15) is 0 Å². The molecule has 2 heterocycles. The zero-order valence-electron chi connectivity index (χ0n) is 11.5. The first kappa shape index (κ1) is 12.2. The van der Waals surface area contributed by atoms with E-state index in [0.29, 0.717) is 12.1 Å². The smallest absolute Gasteiger partial charge is 0.0949 e. The Labute approximate surface area is 109 Å². The first-order valence-electron chi connectivity index (χ1n) is 7.14. The Balaban J connectivity index is 1.99. The first-order valence-corrected chi connectivity index (χ1v) is 7.14. The minimum Gasteiger partial charge on any atom is -0.336 e. The SMILES string of the molecule is CN1C(CN)Cc2ncn(C)c2C1C1CCCC1. The molecule has 1 aromatic rings. The predicted molar refractivity (Wildman–Crippen MR) is 72.2 cm³/mol. The Morgan fingerprint density at radius 1 is 1.33 bits per heavy atom. The van der Waals surface area contributed by atoms with Crippen LogP contribution in [0.5, 0.6) is 0 Å². The van der Waals surface area contributed by atoms with Gasteiger partial charge in [-0.15, -0.1) is 0 Å². The minimum absolute atomic E-state index is 0.456. The highest BCUT2D eigenvalue weighted by Gasteiger charge is 2.39. The quantitative estimate of drug-likeness (QED) is 0.862. The van der Waals surface area contributed by atoms with Gasteiger partial charge in [0.1, 0.15) is 0 Å². The number of rotatable bonds is 2. The van der Waals surface area contributed by atoms with Crippen LogP contribution in [0.25, 0.3) is 0 Å². The molecule has 100 valence electrons. The lowest BCUT2D eigenvalue weighted by Crippen LogP contribution is -2.47. The highest BCUT2D eigenvalue weighted by Crippen LogP contribution is 2.43. The molecule has 0 aromatic carbocycles. The average Bonchev–Trinajstić information content (AvgIpc) is 3.00. The molecule has 1 aliphatic heterocycles. The minimum atomic E-state index is 0.456. The monoisotopic (exact) mass is 248 g/mol. The number of aromatic nitrogens is 2. The molecule has 2 aliphatic rings. The van der Waals surface area contributed by atoms with Crippen LogP contribution in [-0.4, -0.2) is 34.1 Å². The van der Waals surface area contributed by atoms with Crippen molar-refractivity contribution in [1.82, 2.24) is 14.5 Å². The average molecular weight is 248 g/mol. The van der Waals surface area contributed by atoms with E-state index in [-0.39, 0.29) is 0 Å². The van der Waals surface area contributed by atoms with E-state index in [1.165, 1.54) is 37.1 Å². The summed E-state index contributed by atoms with van der Waals surface area (Å²) in [6.45, 7) is 0.732. The lowest BCUT2D eigenvalue weighted by atomic mass is 9.87. The van der Waals surface area contributed by atoms with Crippen molar-refractivity contribution in [3.8, 4) is 0 Å². The number of aryl methyl sites for hydroxylation is 1. The van der Waals surface area contributed by atoms with Crippen LogP contribution in [0.4, 0.5) is 0 Å². The molecule has 2 unspecified atom stereocenters. The van der Waals surface area contributed by atoms with Crippen molar-refractivity contribution in [1.29, 1.82) is 0 Å². The molecular weight excluding hydrogens is 224 g/mol. The number of imidazole rings is 1. The van der Waals surface area contributed by atoms with Gasteiger partial charge in [0, 0.05) is 26.1 Å². The maximum Gasteiger partial charge on any atom is 0.0949 e. The normalized spacial score (nSPS) is 29.7. The van der Waals surface area contributed by atoms with Crippen LogP contribution in [0.3, 0.4) is 0 Å². The highest BCUT2D eigenvalue weighted by molar-refractivity contribution is 5.24. The molecule has 0 radical (unpaired) electrons. The van der Waals surface area contributed by atoms with Gasteiger partial charge in [-0.25, -0.2) is 4.98 Å². The number of fused-ring (bicyclic) bond motifs is 1. The molecule has 2 atom stereocenters. The van der Waals surface area contributed by atoms with Crippen molar-refractivity contribution >= 4 is 0 Å². The zero-order valence-corrected chi connectivity index (χ0v) is 11.5. The van der Waals surface area contributed by atoms with Crippen LogP contribution in [0.15, 0.2) is 6.33 Å². The Morgan fingerprint density at radius 3 is 2.72 bits per heavy atom. The first-order chi connectivity index (χ1) is 8.72. The van der Waals surface area contributed by atoms with Crippen molar-refractivity contribution < 1.29 is 0 Å². The molecule has 1 fully saturated rings. The lowest BCUT2D eigenvalue weighted by Gasteiger charge is -2.42. The molecule has 4 heteroatoms. The summed E-state index contributed by atoms with van der Waals surface area (Å²) in [5, 5.41) is 0. The summed E-state index contributed by atoms with van der Waals surface area (Å²) in [5.74, 6) is 0.790. The van der Waals surface area contributed by atoms with Gasteiger partial charge < -0.3 is 10.3 Å². The van der Waals surface area contributed by atoms with Crippen LogP contribution in [0.1, 0.15) is 43.1 Å². The van der Waals surface area contributed by atoms with E-state index in [2.05, 4.69) is 28.5 Å². The Bertz CT molecular complexity index is 419. The second-order valence-electron chi connectivity index (χ2n) is 5.94. The molecule has 1 saturated carbocycles. The second-order valence-corrected chi connectivity index (χ2v) is 5.94. The fraction of sp³-hybridized carbons (Fsp3) is 0.786. The summed E-state index contributed by atoms with van der Waals surface area (Å²) in [7, 11) is 4.38. The van der Waals surface area contributed by atoms with E-state index in [9.17, 15) is 0 Å². The van der Waals surface area contributed by atoms with E-state index in [4.69, 9.17) is 5.73 Å². The number of likely N-dealkylation sites (N-methyl/N-ethyl adjacent to an activating group) is 1. The van der Waals surface area contributed by atoms with Crippen molar-refractivity contribution in [2.75, 3.05) is 13.6 Å². The number of hydrogen-bond donors (Lipinski definition) is 1. The van der Waals surface area contributed by atoms with Gasteiger partial charge >= 0.3 is 0 Å². The molecule has 0 spiro atoms. The standard InChI is InChI=1S/C14H24N4/c1-17-9-16-12-7-11(8-15)18(2)13(14(12)17)10-5-3-4-6-10/h9-11,13H,3-8,15H2,1-2H3. The van der Waals surface area contributed by atoms with Crippen LogP contribution in [0, 0.1) is 5.92 Å². The lowest BCUT2D eigenvalue weighted by molar-refractivity contribution is 0.105. The third kappa shape index (κ3) is 1.79. The Hall–Kier alpha value is -0.870. The number of nitrogens with zero attached hydrogens (tertiary/aromatic N) is 3. The molecule has 4 nitrogen and oxygen atoms in total. The number of nitrogens with two attached hydrogens (primary N) is 1. The third-order valence-corrected chi connectivity index (χ3v) is 4.90. The van der Waals surface area contributed by atoms with Gasteiger partial charge in [0.05, 0.1) is 23.8 Å². The molecular formula is C14H24N4. The van der Waals surface area contributed by atoms with Crippen molar-refractivity contribution in [2.24, 2.45) is 18.7 Å². The number of hydrogen-bond acceptors (Lipinski definition) is 3. The predicted octanol–water partition coefficient (Wildman–Crippen LogP) is 1.47. The molecule has 0 bridgehead atoms. The summed E-state index contributed by atoms with van der Waals surface area (Å²) in [4.78, 5) is 7.11. The van der Waals surface area contributed by atoms with E-state index in [1.807, 2.05) is 6.33 Å². The molecule has 1 aromatic heterocycles. The summed E-state index contributed by atoms with van der Waals surface area (Å²) in [6, 6.07) is 0.982. The maximum atomic E-state index is 5.94.